The molecule has 0 spiro atoms. The molecule has 0 bridgehead atoms. The van der Waals surface area contributed by atoms with Gasteiger partial charge in [0.1, 0.15) is 0 Å². The van der Waals surface area contributed by atoms with E-state index in [-0.39, 0.29) is 11.1 Å². The normalized spacial score (nSPS) is 15.8. The Morgan fingerprint density at radius 3 is 1.26 bits per heavy atom. The fourth-order valence-corrected chi connectivity index (χ4v) is 12.2. The van der Waals surface area contributed by atoms with E-state index >= 15 is 0 Å². The molecule has 2 aliphatic carbocycles. The van der Waals surface area contributed by atoms with E-state index in [0.29, 0.717) is 24.3 Å². The van der Waals surface area contributed by atoms with Crippen molar-refractivity contribution in [3.63, 3.8) is 0 Å². The Balaban J connectivity index is 1.66. The molecule has 0 aromatic heterocycles. The van der Waals surface area contributed by atoms with Gasteiger partial charge in [0.15, 0.2) is 0 Å². The van der Waals surface area contributed by atoms with Crippen LogP contribution in [-0.2, 0) is 34.0 Å². The van der Waals surface area contributed by atoms with Crippen LogP contribution < -0.4 is 5.63 Å². The molecule has 0 atom stereocenters. The molecule has 0 N–H and O–H groups in total. The summed E-state index contributed by atoms with van der Waals surface area (Å²) in [7, 11) is 0. The van der Waals surface area contributed by atoms with Gasteiger partial charge in [0, 0.05) is 0 Å². The molecule has 0 amide bonds. The molecular formula is C26H22F6O2Zr. The van der Waals surface area contributed by atoms with Gasteiger partial charge in [0.2, 0.25) is 0 Å². The van der Waals surface area contributed by atoms with E-state index in [1.807, 2.05) is 36.5 Å². The molecule has 0 fully saturated rings. The maximum atomic E-state index is 12.8. The van der Waals surface area contributed by atoms with Crippen LogP contribution in [0.25, 0.3) is 0 Å². The first-order chi connectivity index (χ1) is 16.5. The number of alkyl halides is 6. The van der Waals surface area contributed by atoms with Gasteiger partial charge in [-0.05, 0) is 0 Å². The Hall–Kier alpha value is -2.54. The average molecular weight is 572 g/mol. The monoisotopic (exact) mass is 570 g/mol. The zero-order valence-electron chi connectivity index (χ0n) is 18.5. The molecule has 0 saturated carbocycles. The first-order valence-corrected chi connectivity index (χ1v) is 15.4. The van der Waals surface area contributed by atoms with Crippen LogP contribution in [0.15, 0.2) is 91.5 Å². The summed E-state index contributed by atoms with van der Waals surface area (Å²) in [6.07, 6.45) is 2.12. The summed E-state index contributed by atoms with van der Waals surface area (Å²) in [5, 5.41) is 0. The van der Waals surface area contributed by atoms with E-state index in [0.717, 1.165) is 6.56 Å². The Kier molecular flexibility index (Phi) is 7.46. The number of halogens is 6. The maximum absolute atomic E-state index is 12.8. The Morgan fingerprint density at radius 2 is 0.971 bits per heavy atom. The second-order valence-corrected chi connectivity index (χ2v) is 15.5. The summed E-state index contributed by atoms with van der Waals surface area (Å²) >= 11 is -4.39. The molecule has 0 aliphatic heterocycles. The molecule has 0 radical (unpaired) electrons. The van der Waals surface area contributed by atoms with Crippen molar-refractivity contribution in [3.8, 4) is 11.5 Å². The van der Waals surface area contributed by atoms with Crippen LogP contribution in [-0.4, -0.2) is 12.4 Å². The SMILES string of the molecule is FC(F)(F)Cc1ccc([O][Zr]([O]c2ccc(CC(F)(F)F)cc2)([C]2=CC=CC2)[C]2=CC=CC2)cc1. The minimum absolute atomic E-state index is 0.121. The van der Waals surface area contributed by atoms with Crippen LogP contribution in [0.3, 0.4) is 0 Å². The third-order valence-electron chi connectivity index (χ3n) is 5.57. The fourth-order valence-electron chi connectivity index (χ4n) is 4.02. The zero-order valence-corrected chi connectivity index (χ0v) is 21.0. The van der Waals surface area contributed by atoms with Crippen molar-refractivity contribution in [1.29, 1.82) is 0 Å². The third-order valence-corrected chi connectivity index (χ3v) is 14.1. The molecule has 35 heavy (non-hydrogen) atoms. The van der Waals surface area contributed by atoms with Crippen LogP contribution in [0.4, 0.5) is 26.3 Å². The summed E-state index contributed by atoms with van der Waals surface area (Å²) < 4.78 is 91.6. The van der Waals surface area contributed by atoms with E-state index in [9.17, 15) is 26.3 Å². The summed E-state index contributed by atoms with van der Waals surface area (Å²) in [4.78, 5) is 0. The van der Waals surface area contributed by atoms with Crippen molar-refractivity contribution < 1.29 is 53.1 Å². The van der Waals surface area contributed by atoms with Gasteiger partial charge in [0.25, 0.3) is 0 Å². The Bertz CT molecular complexity index is 1060. The summed E-state index contributed by atoms with van der Waals surface area (Å²) in [6, 6.07) is 11.6. The van der Waals surface area contributed by atoms with Crippen LogP contribution in [0.2, 0.25) is 0 Å². The van der Waals surface area contributed by atoms with Crippen LogP contribution >= 0.6 is 0 Å². The minimum atomic E-state index is -4.39. The molecule has 2 aromatic rings. The van der Waals surface area contributed by atoms with E-state index in [1.54, 1.807) is 0 Å². The molecule has 0 unspecified atom stereocenters. The molecule has 0 saturated heterocycles. The van der Waals surface area contributed by atoms with Gasteiger partial charge in [-0.1, -0.05) is 0 Å². The van der Waals surface area contributed by atoms with Crippen LogP contribution in [0.5, 0.6) is 11.5 Å². The van der Waals surface area contributed by atoms with E-state index in [2.05, 4.69) is 0 Å². The van der Waals surface area contributed by atoms with Crippen molar-refractivity contribution in [1.82, 2.24) is 0 Å². The standard InChI is InChI=1S/2C8H7F3O.2C5H5.Zr/c2*9-8(10,11)5-6-1-3-7(12)4-2-6;2*1-2-4-5-3-1;/h2*1-4,12H,5H2;2*1-3H,4H2;/q;;;;+2/p-2. The second-order valence-electron chi connectivity index (χ2n) is 8.34. The van der Waals surface area contributed by atoms with Crippen molar-refractivity contribution in [2.24, 2.45) is 0 Å². The number of rotatable bonds is 8. The summed E-state index contributed by atoms with van der Waals surface area (Å²) in [6.45, 7) is 0. The van der Waals surface area contributed by atoms with Crippen LogP contribution in [0, 0.1) is 0 Å². The number of allylic oxidation sites excluding steroid dienone is 8. The van der Waals surface area contributed by atoms with Crippen molar-refractivity contribution in [3.05, 3.63) is 103 Å². The molecule has 2 nitrogen and oxygen atoms in total. The molecule has 2 aliphatic rings. The summed E-state index contributed by atoms with van der Waals surface area (Å²) in [5.41, 5.74) is 0.241. The van der Waals surface area contributed by atoms with Crippen molar-refractivity contribution in [2.45, 2.75) is 38.0 Å². The molecular weight excluding hydrogens is 549 g/mol. The molecule has 4 rings (SSSR count). The van der Waals surface area contributed by atoms with Gasteiger partial charge in [-0.15, -0.1) is 0 Å². The van der Waals surface area contributed by atoms with Gasteiger partial charge < -0.3 is 0 Å². The molecule has 9 heteroatoms. The average Bonchev–Trinajstić information content (AvgIpc) is 3.49. The van der Waals surface area contributed by atoms with Gasteiger partial charge >= 0.3 is 205 Å². The van der Waals surface area contributed by atoms with Crippen LogP contribution in [0.1, 0.15) is 24.0 Å². The number of hydrogen-bond donors (Lipinski definition) is 0. The van der Waals surface area contributed by atoms with E-state index in [1.165, 1.54) is 48.5 Å². The van der Waals surface area contributed by atoms with Crippen molar-refractivity contribution in [2.75, 3.05) is 0 Å². The van der Waals surface area contributed by atoms with Gasteiger partial charge in [-0.25, -0.2) is 0 Å². The Labute approximate surface area is 204 Å². The van der Waals surface area contributed by atoms with Gasteiger partial charge in [0.05, 0.1) is 0 Å². The van der Waals surface area contributed by atoms with Gasteiger partial charge in [-0.3, -0.25) is 0 Å². The van der Waals surface area contributed by atoms with E-state index in [4.69, 9.17) is 5.63 Å². The topological polar surface area (TPSA) is 18.5 Å². The Morgan fingerprint density at radius 1 is 0.600 bits per heavy atom. The zero-order chi connectivity index (χ0) is 25.1. The van der Waals surface area contributed by atoms with Gasteiger partial charge in [-0.2, -0.15) is 0 Å². The van der Waals surface area contributed by atoms with E-state index < -0.39 is 46.3 Å². The quantitative estimate of drug-likeness (QED) is 0.299. The first-order valence-electron chi connectivity index (χ1n) is 10.9. The summed E-state index contributed by atoms with van der Waals surface area (Å²) in [5.74, 6) is 0.780. The fraction of sp³-hybridized carbons (Fsp3) is 0.231. The number of benzene rings is 2. The predicted molar refractivity (Wildman–Crippen MR) is 117 cm³/mol. The predicted octanol–water partition coefficient (Wildman–Crippen LogP) is 8.03. The number of hydrogen-bond acceptors (Lipinski definition) is 2. The third kappa shape index (κ3) is 6.78. The molecule has 2 aromatic carbocycles. The first kappa shape index (κ1) is 25.6. The van der Waals surface area contributed by atoms with Crippen molar-refractivity contribution >= 4 is 0 Å². The molecule has 0 heterocycles. The second kappa shape index (κ2) is 10.2. The molecule has 184 valence electrons.